The fourth-order valence-corrected chi connectivity index (χ4v) is 5.55. The van der Waals surface area contributed by atoms with E-state index in [2.05, 4.69) is 16.0 Å². The fraction of sp³-hybridized carbons (Fsp3) is 0.212. The van der Waals surface area contributed by atoms with Crippen molar-refractivity contribution in [2.45, 2.75) is 33.4 Å². The van der Waals surface area contributed by atoms with Gasteiger partial charge in [-0.3, -0.25) is 0 Å². The first-order valence-electron chi connectivity index (χ1n) is 13.7. The maximum Gasteiger partial charge on any atom is 0.323 e. The summed E-state index contributed by atoms with van der Waals surface area (Å²) in [6.45, 7) is 6.85. The molecule has 1 atom stereocenters. The molecule has 0 saturated carbocycles. The third-order valence-electron chi connectivity index (χ3n) is 7.43. The largest absolute Gasteiger partial charge is 0.495 e. The molecule has 3 aromatic carbocycles. The number of fused-ring (bicyclic) bond motifs is 3. The molecule has 0 radical (unpaired) electrons. The number of aryl methyl sites for hydroxylation is 2. The topological polar surface area (TPSA) is 73.5 Å². The Balaban J connectivity index is 1.53. The van der Waals surface area contributed by atoms with Gasteiger partial charge in [0.15, 0.2) is 0 Å². The molecule has 5 aromatic rings. The van der Waals surface area contributed by atoms with E-state index in [4.69, 9.17) is 14.6 Å². The highest BCUT2D eigenvalue weighted by atomic mass is 16.5. The Morgan fingerprint density at radius 3 is 2.61 bits per heavy atom. The zero-order chi connectivity index (χ0) is 28.5. The van der Waals surface area contributed by atoms with Gasteiger partial charge in [0.05, 0.1) is 49.1 Å². The van der Waals surface area contributed by atoms with Crippen LogP contribution in [-0.2, 0) is 6.54 Å². The molecule has 1 aliphatic heterocycles. The Labute approximate surface area is 239 Å². The molecular weight excluding hydrogens is 514 g/mol. The predicted molar refractivity (Wildman–Crippen MR) is 159 cm³/mol. The number of nitrogens with one attached hydrogen (secondary N) is 1. The summed E-state index contributed by atoms with van der Waals surface area (Å²) in [4.78, 5) is 16.2. The van der Waals surface area contributed by atoms with Gasteiger partial charge in [-0.15, -0.1) is 0 Å². The number of carbonyl (C=O) groups excluding carboxylic acids is 1. The molecule has 0 aliphatic carbocycles. The lowest BCUT2D eigenvalue weighted by atomic mass is 10.0. The summed E-state index contributed by atoms with van der Waals surface area (Å²) in [7, 11) is 1.61. The summed E-state index contributed by atoms with van der Waals surface area (Å²) in [5.41, 5.74) is 6.32. The molecule has 1 N–H and O–H groups in total. The molecule has 8 nitrogen and oxygen atoms in total. The molecule has 0 saturated heterocycles. The van der Waals surface area contributed by atoms with E-state index < -0.39 is 6.04 Å². The second-order valence-electron chi connectivity index (χ2n) is 10.1. The molecule has 0 spiro atoms. The van der Waals surface area contributed by atoms with Crippen LogP contribution in [-0.4, -0.2) is 39.0 Å². The van der Waals surface area contributed by atoms with Crippen LogP contribution in [0.5, 0.6) is 11.5 Å². The number of nitrogens with zero attached hydrogens (tertiary/aromatic N) is 4. The smallest absolute Gasteiger partial charge is 0.323 e. The van der Waals surface area contributed by atoms with E-state index in [1.165, 1.54) is 0 Å². The van der Waals surface area contributed by atoms with Gasteiger partial charge in [-0.1, -0.05) is 36.4 Å². The summed E-state index contributed by atoms with van der Waals surface area (Å²) in [5, 5.41) is 8.08. The Bertz CT molecular complexity index is 1710. The summed E-state index contributed by atoms with van der Waals surface area (Å²) in [5.74, 6) is 2.28. The lowest BCUT2D eigenvalue weighted by molar-refractivity contribution is 0.194. The SMILES string of the molecule is CCOc1cccc(C2c3cccn3-c3c(c(C)nn3-c3ccccc3)CN2C(=O)Nc2cc(C)ccc2OC)c1. The van der Waals surface area contributed by atoms with Crippen LogP contribution in [0.1, 0.15) is 41.0 Å². The summed E-state index contributed by atoms with van der Waals surface area (Å²) in [6.07, 6.45) is 2.04. The van der Waals surface area contributed by atoms with Crippen LogP contribution in [0.3, 0.4) is 0 Å². The highest BCUT2D eigenvalue weighted by Crippen LogP contribution is 2.40. The van der Waals surface area contributed by atoms with Gasteiger partial charge in [0.1, 0.15) is 17.3 Å². The fourth-order valence-electron chi connectivity index (χ4n) is 5.55. The van der Waals surface area contributed by atoms with E-state index in [1.807, 2.05) is 115 Å². The molecule has 41 heavy (non-hydrogen) atoms. The van der Waals surface area contributed by atoms with E-state index in [-0.39, 0.29) is 6.03 Å². The van der Waals surface area contributed by atoms with Crippen molar-refractivity contribution in [3.63, 3.8) is 0 Å². The molecule has 1 aliphatic rings. The number of amides is 2. The number of ether oxygens (including phenoxy) is 2. The molecule has 0 fully saturated rings. The Morgan fingerprint density at radius 1 is 1.00 bits per heavy atom. The number of hydrogen-bond donors (Lipinski definition) is 1. The third kappa shape index (κ3) is 4.82. The van der Waals surface area contributed by atoms with Gasteiger partial charge in [-0.2, -0.15) is 5.10 Å². The van der Waals surface area contributed by atoms with E-state index >= 15 is 0 Å². The van der Waals surface area contributed by atoms with E-state index in [9.17, 15) is 4.79 Å². The first kappa shape index (κ1) is 26.3. The molecule has 1 unspecified atom stereocenters. The molecule has 2 aromatic heterocycles. The van der Waals surface area contributed by atoms with Gasteiger partial charge >= 0.3 is 6.03 Å². The predicted octanol–water partition coefficient (Wildman–Crippen LogP) is 6.82. The van der Waals surface area contributed by atoms with Crippen LogP contribution in [0.4, 0.5) is 10.5 Å². The van der Waals surface area contributed by atoms with Crippen LogP contribution < -0.4 is 14.8 Å². The lowest BCUT2D eigenvalue weighted by Crippen LogP contribution is -2.38. The van der Waals surface area contributed by atoms with Crippen molar-refractivity contribution in [3.8, 4) is 23.0 Å². The third-order valence-corrected chi connectivity index (χ3v) is 7.43. The van der Waals surface area contributed by atoms with Crippen LogP contribution in [0.15, 0.2) is 91.1 Å². The minimum Gasteiger partial charge on any atom is -0.495 e. The monoisotopic (exact) mass is 547 g/mol. The van der Waals surface area contributed by atoms with Crippen LogP contribution in [0.2, 0.25) is 0 Å². The first-order valence-corrected chi connectivity index (χ1v) is 13.7. The van der Waals surface area contributed by atoms with Crippen LogP contribution in [0.25, 0.3) is 11.5 Å². The van der Waals surface area contributed by atoms with Gasteiger partial charge < -0.3 is 24.3 Å². The maximum absolute atomic E-state index is 14.3. The number of methoxy groups -OCH3 is 1. The van der Waals surface area contributed by atoms with E-state index in [1.54, 1.807) is 7.11 Å². The van der Waals surface area contributed by atoms with Gasteiger partial charge in [-0.05, 0) is 80.4 Å². The minimum absolute atomic E-state index is 0.242. The zero-order valence-corrected chi connectivity index (χ0v) is 23.7. The molecule has 2 amide bonds. The molecule has 3 heterocycles. The molecule has 8 heteroatoms. The van der Waals surface area contributed by atoms with Gasteiger partial charge in [0, 0.05) is 11.8 Å². The Kier molecular flexibility index (Phi) is 6.97. The zero-order valence-electron chi connectivity index (χ0n) is 23.7. The van der Waals surface area contributed by atoms with Crippen LogP contribution in [0, 0.1) is 13.8 Å². The van der Waals surface area contributed by atoms with Crippen molar-refractivity contribution in [2.75, 3.05) is 19.0 Å². The van der Waals surface area contributed by atoms with Crippen LogP contribution >= 0.6 is 0 Å². The van der Waals surface area contributed by atoms with Crippen molar-refractivity contribution in [1.29, 1.82) is 0 Å². The van der Waals surface area contributed by atoms with Gasteiger partial charge in [-0.25, -0.2) is 9.48 Å². The molecule has 6 rings (SSSR count). The average molecular weight is 548 g/mol. The minimum atomic E-state index is -0.405. The Morgan fingerprint density at radius 2 is 1.83 bits per heavy atom. The Hall–Kier alpha value is -4.98. The summed E-state index contributed by atoms with van der Waals surface area (Å²) < 4.78 is 15.5. The lowest BCUT2D eigenvalue weighted by Gasteiger charge is -2.31. The maximum atomic E-state index is 14.3. The van der Waals surface area contributed by atoms with Crippen molar-refractivity contribution in [2.24, 2.45) is 0 Å². The number of carbonyl (C=O) groups is 1. The van der Waals surface area contributed by atoms with Crippen molar-refractivity contribution in [1.82, 2.24) is 19.2 Å². The number of para-hydroxylation sites is 1. The first-order chi connectivity index (χ1) is 20.0. The van der Waals surface area contributed by atoms with Gasteiger partial charge in [0.25, 0.3) is 0 Å². The summed E-state index contributed by atoms with van der Waals surface area (Å²) in [6, 6.07) is 27.2. The second-order valence-corrected chi connectivity index (χ2v) is 10.1. The highest BCUT2D eigenvalue weighted by Gasteiger charge is 2.36. The van der Waals surface area contributed by atoms with Crippen molar-refractivity contribution >= 4 is 11.7 Å². The molecule has 208 valence electrons. The van der Waals surface area contributed by atoms with E-state index in [0.29, 0.717) is 24.6 Å². The quantitative estimate of drug-likeness (QED) is 0.253. The van der Waals surface area contributed by atoms with Crippen molar-refractivity contribution < 1.29 is 14.3 Å². The second kappa shape index (κ2) is 10.9. The number of aromatic nitrogens is 3. The van der Waals surface area contributed by atoms with Crippen molar-refractivity contribution in [3.05, 3.63) is 119 Å². The number of rotatable bonds is 6. The van der Waals surface area contributed by atoms with Gasteiger partial charge in [0.2, 0.25) is 0 Å². The highest BCUT2D eigenvalue weighted by molar-refractivity contribution is 5.92. The summed E-state index contributed by atoms with van der Waals surface area (Å²) >= 11 is 0. The standard InChI is InChI=1S/C33H33N5O3/c1-5-41-26-14-9-11-24(20-26)31-29-15-10-18-36(29)32-27(23(3)35-38(32)25-12-7-6-8-13-25)21-37(31)33(39)34-28-19-22(2)16-17-30(28)40-4/h6-20,31H,5,21H2,1-4H3,(H,34,39). The number of anilines is 1. The number of urea groups is 1. The number of benzene rings is 3. The van der Waals surface area contributed by atoms with E-state index in [0.717, 1.165) is 45.3 Å². The molecule has 0 bridgehead atoms. The average Bonchev–Trinajstić information content (AvgIpc) is 3.54. The molecular formula is C33H33N5O3. The normalized spacial score (nSPS) is 14.1. The number of hydrogen-bond acceptors (Lipinski definition) is 4.